The molecule has 0 aliphatic rings. The van der Waals surface area contributed by atoms with Crippen molar-refractivity contribution >= 4 is 17.9 Å². The summed E-state index contributed by atoms with van der Waals surface area (Å²) in [6.07, 6.45) is 3.12. The van der Waals surface area contributed by atoms with Crippen LogP contribution in [0.5, 0.6) is 0 Å². The summed E-state index contributed by atoms with van der Waals surface area (Å²) < 4.78 is 0. The maximum Gasteiger partial charge on any atom is 0.320 e. The lowest BCUT2D eigenvalue weighted by Crippen LogP contribution is -2.45. The second-order valence-electron chi connectivity index (χ2n) is 6.37. The van der Waals surface area contributed by atoms with Crippen LogP contribution in [0.2, 0.25) is 0 Å². The number of carbonyl (C=O) groups is 3. The van der Waals surface area contributed by atoms with Crippen molar-refractivity contribution in [3.63, 3.8) is 0 Å². The lowest BCUT2D eigenvalue weighted by atomic mass is 10.0. The van der Waals surface area contributed by atoms with Gasteiger partial charge in [0.2, 0.25) is 0 Å². The van der Waals surface area contributed by atoms with Gasteiger partial charge in [0.15, 0.2) is 0 Å². The summed E-state index contributed by atoms with van der Waals surface area (Å²) in [7, 11) is 0. The fraction of sp³-hybridized carbons (Fsp3) is 0.526. The van der Waals surface area contributed by atoms with Crippen molar-refractivity contribution in [1.82, 2.24) is 5.32 Å². The summed E-state index contributed by atoms with van der Waals surface area (Å²) in [4.78, 5) is 31.8. The Hall–Kier alpha value is -2.49. The van der Waals surface area contributed by atoms with Crippen LogP contribution >= 0.6 is 0 Å². The monoisotopic (exact) mass is 397 g/mol. The maximum atomic E-state index is 11.0. The quantitative estimate of drug-likeness (QED) is 0.277. The van der Waals surface area contributed by atoms with Gasteiger partial charge < -0.3 is 26.8 Å². The van der Waals surface area contributed by atoms with Gasteiger partial charge in [0, 0.05) is 0 Å². The molecule has 3 atom stereocenters. The molecule has 8 N–H and O–H groups in total. The van der Waals surface area contributed by atoms with E-state index in [0.29, 0.717) is 25.8 Å². The van der Waals surface area contributed by atoms with Crippen molar-refractivity contribution in [2.75, 3.05) is 6.54 Å². The van der Waals surface area contributed by atoms with Gasteiger partial charge in [0.1, 0.15) is 18.1 Å². The first-order valence-corrected chi connectivity index (χ1v) is 9.13. The lowest BCUT2D eigenvalue weighted by molar-refractivity contribution is -0.142. The van der Waals surface area contributed by atoms with Gasteiger partial charge in [-0.1, -0.05) is 36.8 Å². The van der Waals surface area contributed by atoms with Gasteiger partial charge in [-0.3, -0.25) is 19.7 Å². The Morgan fingerprint density at radius 2 is 1.57 bits per heavy atom. The van der Waals surface area contributed by atoms with Gasteiger partial charge in [0.05, 0.1) is 0 Å². The van der Waals surface area contributed by atoms with E-state index in [1.54, 1.807) is 0 Å². The zero-order valence-corrected chi connectivity index (χ0v) is 16.1. The third-order valence-electron chi connectivity index (χ3n) is 3.97. The highest BCUT2D eigenvalue weighted by Gasteiger charge is 2.22. The van der Waals surface area contributed by atoms with Crippen LogP contribution in [0.25, 0.3) is 0 Å². The highest BCUT2D eigenvalue weighted by Crippen LogP contribution is 2.06. The molecule has 1 unspecified atom stereocenters. The van der Waals surface area contributed by atoms with E-state index in [2.05, 4.69) is 5.32 Å². The molecule has 158 valence electrons. The Kier molecular flexibility index (Phi) is 13.3. The van der Waals surface area contributed by atoms with Gasteiger partial charge in [-0.15, -0.1) is 0 Å². The minimum absolute atomic E-state index is 0.358. The summed E-state index contributed by atoms with van der Waals surface area (Å²) >= 11 is 0. The first-order valence-electron chi connectivity index (χ1n) is 9.13. The van der Waals surface area contributed by atoms with Crippen LogP contribution in [0.4, 0.5) is 0 Å². The normalized spacial score (nSPS) is 13.5. The Bertz CT molecular complexity index is 597. The molecule has 9 heteroatoms. The van der Waals surface area contributed by atoms with Gasteiger partial charge >= 0.3 is 17.9 Å². The average Bonchev–Trinajstić information content (AvgIpc) is 2.65. The molecule has 0 aliphatic carbocycles. The average molecular weight is 397 g/mol. The highest BCUT2D eigenvalue weighted by atomic mass is 16.4. The number of hydrogen-bond donors (Lipinski definition) is 6. The van der Waals surface area contributed by atoms with E-state index in [1.807, 2.05) is 30.3 Å². The minimum Gasteiger partial charge on any atom is -0.480 e. The number of hydrogen-bond acceptors (Lipinski definition) is 6. The van der Waals surface area contributed by atoms with Crippen LogP contribution in [0.1, 0.15) is 38.2 Å². The predicted octanol–water partition coefficient (Wildman–Crippen LogP) is 0.662. The molecule has 0 spiro atoms. The number of nitrogens with two attached hydrogens (primary N) is 2. The number of unbranched alkanes of at least 4 members (excludes halogenated alkanes) is 1. The third-order valence-corrected chi connectivity index (χ3v) is 3.97. The van der Waals surface area contributed by atoms with Gasteiger partial charge in [0.25, 0.3) is 0 Å². The molecular weight excluding hydrogens is 366 g/mol. The summed E-state index contributed by atoms with van der Waals surface area (Å²) in [6, 6.07) is 7.06. The summed E-state index contributed by atoms with van der Waals surface area (Å²) in [5.41, 5.74) is 11.5. The molecule has 1 rings (SSSR count). The van der Waals surface area contributed by atoms with Crippen LogP contribution in [0, 0.1) is 0 Å². The van der Waals surface area contributed by atoms with E-state index in [-0.39, 0.29) is 0 Å². The van der Waals surface area contributed by atoms with Gasteiger partial charge in [-0.25, -0.2) is 0 Å². The highest BCUT2D eigenvalue weighted by molar-refractivity contribution is 5.77. The summed E-state index contributed by atoms with van der Waals surface area (Å²) in [6.45, 7) is 2.03. The van der Waals surface area contributed by atoms with Crippen LogP contribution in [-0.2, 0) is 20.8 Å². The van der Waals surface area contributed by atoms with E-state index < -0.39 is 36.0 Å². The standard InChI is InChI=1S/C13H17NO4.C6H14N2O2/c1-9(12(15)16)14-11(13(17)18)8-7-10-5-3-2-4-6-10;7-4-2-1-3-5(8)6(9)10/h2-6,9,11,14H,7-8H2,1H3,(H,15,16)(H,17,18);5H,1-4,7-8H2,(H,9,10)/t9-,11+;/m1./s1. The molecule has 0 saturated heterocycles. The van der Waals surface area contributed by atoms with Crippen molar-refractivity contribution < 1.29 is 29.7 Å². The molecule has 0 bridgehead atoms. The summed E-state index contributed by atoms with van der Waals surface area (Å²) in [5, 5.41) is 28.7. The Morgan fingerprint density at radius 1 is 0.964 bits per heavy atom. The van der Waals surface area contributed by atoms with E-state index >= 15 is 0 Å². The largest absolute Gasteiger partial charge is 0.480 e. The molecule has 0 saturated carbocycles. The molecular formula is C19H31N3O6. The molecule has 0 aliphatic heterocycles. The smallest absolute Gasteiger partial charge is 0.320 e. The Morgan fingerprint density at radius 3 is 2.04 bits per heavy atom. The van der Waals surface area contributed by atoms with Gasteiger partial charge in [-0.2, -0.15) is 0 Å². The zero-order chi connectivity index (χ0) is 21.5. The van der Waals surface area contributed by atoms with Crippen molar-refractivity contribution in [2.45, 2.75) is 57.2 Å². The number of carboxylic acid groups (broad SMARTS) is 3. The van der Waals surface area contributed by atoms with E-state index in [9.17, 15) is 14.4 Å². The maximum absolute atomic E-state index is 11.0. The topological polar surface area (TPSA) is 176 Å². The first-order chi connectivity index (χ1) is 13.2. The fourth-order valence-corrected chi connectivity index (χ4v) is 2.24. The van der Waals surface area contributed by atoms with E-state index in [1.165, 1.54) is 6.92 Å². The van der Waals surface area contributed by atoms with Crippen LogP contribution in [0.15, 0.2) is 30.3 Å². The number of aliphatic carboxylic acids is 3. The second kappa shape index (κ2) is 14.6. The number of carboxylic acids is 3. The number of benzene rings is 1. The van der Waals surface area contributed by atoms with Crippen LogP contribution in [-0.4, -0.2) is 57.9 Å². The fourth-order valence-electron chi connectivity index (χ4n) is 2.24. The minimum atomic E-state index is -1.05. The molecule has 1 aromatic carbocycles. The van der Waals surface area contributed by atoms with E-state index in [0.717, 1.165) is 18.4 Å². The van der Waals surface area contributed by atoms with E-state index in [4.69, 9.17) is 26.8 Å². The number of nitrogens with one attached hydrogen (secondary N) is 1. The third kappa shape index (κ3) is 12.0. The number of rotatable bonds is 12. The van der Waals surface area contributed by atoms with Crippen molar-refractivity contribution in [2.24, 2.45) is 11.5 Å². The lowest BCUT2D eigenvalue weighted by Gasteiger charge is -2.17. The van der Waals surface area contributed by atoms with Crippen molar-refractivity contribution in [1.29, 1.82) is 0 Å². The predicted molar refractivity (Wildman–Crippen MR) is 105 cm³/mol. The molecule has 0 heterocycles. The molecule has 0 amide bonds. The zero-order valence-electron chi connectivity index (χ0n) is 16.1. The summed E-state index contributed by atoms with van der Waals surface area (Å²) in [5.74, 6) is -3.02. The van der Waals surface area contributed by atoms with Gasteiger partial charge in [-0.05, 0) is 44.7 Å². The van der Waals surface area contributed by atoms with Crippen LogP contribution < -0.4 is 16.8 Å². The molecule has 28 heavy (non-hydrogen) atoms. The molecule has 1 aromatic rings. The molecule has 0 aromatic heterocycles. The first kappa shape index (κ1) is 25.5. The molecule has 0 fully saturated rings. The second-order valence-corrected chi connectivity index (χ2v) is 6.37. The van der Waals surface area contributed by atoms with Crippen molar-refractivity contribution in [3.8, 4) is 0 Å². The SMILES string of the molecule is C[C@@H](N[C@@H](CCc1ccccc1)C(=O)O)C(=O)O.NCCCCC(N)C(=O)O. The van der Waals surface area contributed by atoms with Crippen LogP contribution in [0.3, 0.4) is 0 Å². The van der Waals surface area contributed by atoms with Crippen molar-refractivity contribution in [3.05, 3.63) is 35.9 Å². The molecule has 0 radical (unpaired) electrons. The number of aryl methyl sites for hydroxylation is 1. The Labute approximate surface area is 164 Å². The Balaban J connectivity index is 0.000000621. The molecule has 9 nitrogen and oxygen atoms in total.